The minimum atomic E-state index is 0.0350. The van der Waals surface area contributed by atoms with E-state index >= 15 is 0 Å². The maximum absolute atomic E-state index is 13.3. The van der Waals surface area contributed by atoms with Gasteiger partial charge >= 0.3 is 6.01 Å². The summed E-state index contributed by atoms with van der Waals surface area (Å²) in [6, 6.07) is 11.4. The van der Waals surface area contributed by atoms with Crippen LogP contribution in [0, 0.1) is 0 Å². The molecular formula is C24H26IN7O2. The molecule has 1 N–H and O–H groups in total. The number of nitrogens with zero attached hydrogens (tertiary/aromatic N) is 6. The molecule has 9 nitrogen and oxygen atoms in total. The molecule has 3 aromatic heterocycles. The van der Waals surface area contributed by atoms with Gasteiger partial charge in [0, 0.05) is 51.0 Å². The van der Waals surface area contributed by atoms with Gasteiger partial charge < -0.3 is 14.2 Å². The van der Waals surface area contributed by atoms with Crippen molar-refractivity contribution in [3.05, 3.63) is 48.4 Å². The highest BCUT2D eigenvalue weighted by molar-refractivity contribution is 14.1. The second kappa shape index (κ2) is 8.51. The summed E-state index contributed by atoms with van der Waals surface area (Å²) < 4.78 is 10.4. The van der Waals surface area contributed by atoms with Gasteiger partial charge in [-0.15, -0.1) is 0 Å². The Morgan fingerprint density at radius 1 is 1.15 bits per heavy atom. The number of carbonyl (C=O) groups is 1. The lowest BCUT2D eigenvalue weighted by molar-refractivity contribution is -0.00187. The van der Waals surface area contributed by atoms with Crippen molar-refractivity contribution in [3.63, 3.8) is 0 Å². The molecule has 1 amide bonds. The Kier molecular flexibility index (Phi) is 5.46. The lowest BCUT2D eigenvalue weighted by Gasteiger charge is -2.49. The highest BCUT2D eigenvalue weighted by Crippen LogP contribution is 2.28. The Balaban J connectivity index is 1.22. The summed E-state index contributed by atoms with van der Waals surface area (Å²) in [5, 5.41) is 0. The molecule has 0 unspecified atom stereocenters. The molecule has 5 heterocycles. The number of oxazole rings is 1. The predicted octanol–water partition coefficient (Wildman–Crippen LogP) is 3.36. The standard InChI is InChI=1S/C24H26IN7O2/c1-15-11-30(8-7-29(15)2)18-13-31(14-18)23(33)20-10-26-22-6-4-17(12-32(20)22)16-3-5-21-19(9-16)27-24(28-25)34-21/h3-6,9-10,12,15,18H,7-8,11,13-14H2,1-2H3,(H,27,28)/t15-/m0/s1. The first kappa shape index (κ1) is 21.8. The second-order valence-corrected chi connectivity index (χ2v) is 9.81. The first-order valence-electron chi connectivity index (χ1n) is 11.5. The number of hydrogen-bond donors (Lipinski definition) is 1. The van der Waals surface area contributed by atoms with E-state index < -0.39 is 0 Å². The van der Waals surface area contributed by atoms with Gasteiger partial charge in [-0.2, -0.15) is 4.98 Å². The number of anilines is 1. The van der Waals surface area contributed by atoms with E-state index in [4.69, 9.17) is 4.42 Å². The summed E-state index contributed by atoms with van der Waals surface area (Å²) in [6.45, 7) is 7.03. The zero-order valence-corrected chi connectivity index (χ0v) is 21.3. The quantitative estimate of drug-likeness (QED) is 0.297. The number of likely N-dealkylation sites (tertiary alicyclic amines) is 1. The predicted molar refractivity (Wildman–Crippen MR) is 139 cm³/mol. The van der Waals surface area contributed by atoms with E-state index in [1.165, 1.54) is 0 Å². The highest BCUT2D eigenvalue weighted by atomic mass is 127. The number of imidazole rings is 1. The molecule has 1 atom stereocenters. The van der Waals surface area contributed by atoms with Crippen LogP contribution < -0.4 is 3.53 Å². The molecule has 2 aliphatic rings. The smallest absolute Gasteiger partial charge is 0.304 e. The Morgan fingerprint density at radius 2 is 1.97 bits per heavy atom. The first-order chi connectivity index (χ1) is 16.5. The molecule has 2 fully saturated rings. The van der Waals surface area contributed by atoms with Gasteiger partial charge in [0.05, 0.1) is 29.1 Å². The van der Waals surface area contributed by atoms with Crippen molar-refractivity contribution in [3.8, 4) is 11.1 Å². The van der Waals surface area contributed by atoms with Gasteiger partial charge in [-0.25, -0.2) is 4.98 Å². The van der Waals surface area contributed by atoms with Crippen molar-refractivity contribution in [1.29, 1.82) is 0 Å². The largest absolute Gasteiger partial charge is 0.423 e. The van der Waals surface area contributed by atoms with Crippen molar-refractivity contribution < 1.29 is 9.21 Å². The van der Waals surface area contributed by atoms with Gasteiger partial charge in [0.2, 0.25) is 0 Å². The molecule has 34 heavy (non-hydrogen) atoms. The number of halogens is 1. The molecule has 1 aromatic carbocycles. The van der Waals surface area contributed by atoms with E-state index in [2.05, 4.69) is 37.3 Å². The van der Waals surface area contributed by atoms with E-state index in [0.29, 0.717) is 23.8 Å². The molecule has 10 heteroatoms. The third kappa shape index (κ3) is 3.73. The number of benzene rings is 1. The van der Waals surface area contributed by atoms with Crippen molar-refractivity contribution in [2.24, 2.45) is 0 Å². The van der Waals surface area contributed by atoms with Crippen LogP contribution in [0.2, 0.25) is 0 Å². The molecule has 0 aliphatic carbocycles. The second-order valence-electron chi connectivity index (χ2n) is 9.27. The molecule has 0 bridgehead atoms. The van der Waals surface area contributed by atoms with Crippen molar-refractivity contribution >= 4 is 51.5 Å². The highest BCUT2D eigenvalue weighted by Gasteiger charge is 2.38. The van der Waals surface area contributed by atoms with E-state index in [9.17, 15) is 4.79 Å². The van der Waals surface area contributed by atoms with Crippen LogP contribution >= 0.6 is 22.9 Å². The molecule has 0 spiro atoms. The van der Waals surface area contributed by atoms with Crippen LogP contribution in [0.25, 0.3) is 27.9 Å². The van der Waals surface area contributed by atoms with Gasteiger partial charge in [-0.05, 0) is 49.4 Å². The summed E-state index contributed by atoms with van der Waals surface area (Å²) in [5.41, 5.74) is 4.86. The van der Waals surface area contributed by atoms with Crippen LogP contribution in [0.5, 0.6) is 0 Å². The molecule has 0 radical (unpaired) electrons. The lowest BCUT2D eigenvalue weighted by atomic mass is 10.0. The van der Waals surface area contributed by atoms with Crippen LogP contribution in [0.1, 0.15) is 17.4 Å². The average molecular weight is 571 g/mol. The number of carbonyl (C=O) groups excluding carboxylic acids is 1. The first-order valence-corrected chi connectivity index (χ1v) is 12.6. The fourth-order valence-corrected chi connectivity index (χ4v) is 5.11. The van der Waals surface area contributed by atoms with Crippen LogP contribution in [-0.4, -0.2) is 86.8 Å². The van der Waals surface area contributed by atoms with E-state index in [1.807, 2.05) is 68.7 Å². The van der Waals surface area contributed by atoms with Crippen LogP contribution in [0.4, 0.5) is 6.01 Å². The normalized spacial score (nSPS) is 20.2. The zero-order chi connectivity index (χ0) is 23.4. The number of fused-ring (bicyclic) bond motifs is 2. The SMILES string of the molecule is C[C@H]1CN(C2CN(C(=O)c3cnc4ccc(-c5ccc6oc(NI)nc6c5)cn34)C2)CCN1C. The third-order valence-corrected chi connectivity index (χ3v) is 7.64. The Labute approximate surface area is 211 Å². The number of nitrogens with one attached hydrogen (secondary N) is 1. The van der Waals surface area contributed by atoms with Gasteiger partial charge in [-0.1, -0.05) is 6.07 Å². The summed E-state index contributed by atoms with van der Waals surface area (Å²) in [6.07, 6.45) is 3.67. The number of hydrogen-bond acceptors (Lipinski definition) is 7. The number of likely N-dealkylation sites (N-methyl/N-ethyl adjacent to an activating group) is 1. The molecular weight excluding hydrogens is 545 g/mol. The zero-order valence-electron chi connectivity index (χ0n) is 19.1. The maximum atomic E-state index is 13.3. The summed E-state index contributed by atoms with van der Waals surface area (Å²) >= 11 is 2.00. The van der Waals surface area contributed by atoms with Crippen LogP contribution in [0.15, 0.2) is 47.1 Å². The minimum Gasteiger partial charge on any atom is -0.423 e. The van der Waals surface area contributed by atoms with Crippen LogP contribution in [-0.2, 0) is 0 Å². The van der Waals surface area contributed by atoms with E-state index in [0.717, 1.165) is 60.6 Å². The molecule has 4 aromatic rings. The maximum Gasteiger partial charge on any atom is 0.304 e. The van der Waals surface area contributed by atoms with Gasteiger partial charge in [0.1, 0.15) is 16.9 Å². The third-order valence-electron chi connectivity index (χ3n) is 7.18. The lowest BCUT2D eigenvalue weighted by Crippen LogP contribution is -2.65. The minimum absolute atomic E-state index is 0.0350. The Hall–Kier alpha value is -2.70. The summed E-state index contributed by atoms with van der Waals surface area (Å²) in [4.78, 5) is 29.1. The van der Waals surface area contributed by atoms with E-state index in [-0.39, 0.29) is 5.91 Å². The van der Waals surface area contributed by atoms with Gasteiger partial charge in [0.15, 0.2) is 5.58 Å². The summed E-state index contributed by atoms with van der Waals surface area (Å²) in [5.74, 6) is 0.0350. The fraction of sp³-hybridized carbons (Fsp3) is 0.375. The number of pyridine rings is 1. The molecule has 6 rings (SSSR count). The number of rotatable bonds is 4. The number of amides is 1. The number of piperazine rings is 1. The van der Waals surface area contributed by atoms with Gasteiger partial charge in [0.25, 0.3) is 5.91 Å². The van der Waals surface area contributed by atoms with Crippen molar-refractivity contribution in [2.75, 3.05) is 43.3 Å². The van der Waals surface area contributed by atoms with Crippen LogP contribution in [0.3, 0.4) is 0 Å². The monoisotopic (exact) mass is 571 g/mol. The Morgan fingerprint density at radius 3 is 2.76 bits per heavy atom. The van der Waals surface area contributed by atoms with Crippen molar-refractivity contribution in [1.82, 2.24) is 29.1 Å². The number of aromatic nitrogens is 3. The van der Waals surface area contributed by atoms with E-state index in [1.54, 1.807) is 6.20 Å². The molecule has 0 saturated carbocycles. The average Bonchev–Trinajstić information content (AvgIpc) is 3.43. The Bertz CT molecular complexity index is 1380. The molecule has 2 aliphatic heterocycles. The fourth-order valence-electron chi connectivity index (χ4n) is 4.88. The topological polar surface area (TPSA) is 82.1 Å². The summed E-state index contributed by atoms with van der Waals surface area (Å²) in [7, 11) is 2.18. The van der Waals surface area contributed by atoms with Crippen molar-refractivity contribution in [2.45, 2.75) is 19.0 Å². The van der Waals surface area contributed by atoms with Gasteiger partial charge in [-0.3, -0.25) is 17.6 Å². The molecule has 2 saturated heterocycles. The molecule has 176 valence electrons.